The number of carbonyl (C=O) groups is 3. The van der Waals surface area contributed by atoms with Gasteiger partial charge in [-0.3, -0.25) is 19.4 Å². The number of rotatable bonds is 5. The third-order valence-electron chi connectivity index (χ3n) is 13.7. The van der Waals surface area contributed by atoms with E-state index >= 15 is 0 Å². The molecule has 0 aromatic heterocycles. The molecule has 64 heavy (non-hydrogen) atoms. The fourth-order valence-electron chi connectivity index (χ4n) is 9.63. The Labute approximate surface area is 375 Å². The predicted molar refractivity (Wildman–Crippen MR) is 241 cm³/mol. The molecule has 0 radical (unpaired) electrons. The SMILES string of the molecule is COC1C=COC2(C)Oc3c(C)c(O)c4c(O)c(c(/C=N/N5CCC(N6CCCCC6)CC5)c(O)c4c3C2=O)NC(=O)C(C)=CC=CC(C)C(O)C(C)C(O)C(C)C(OC(C)=O)C1C. The van der Waals surface area contributed by atoms with Crippen LogP contribution in [0.4, 0.5) is 5.69 Å². The number of aliphatic hydroxyl groups is 2. The third kappa shape index (κ3) is 9.60. The first-order chi connectivity index (χ1) is 30.3. The summed E-state index contributed by atoms with van der Waals surface area (Å²) < 4.78 is 23.7. The Balaban J connectivity index is 1.46. The van der Waals surface area contributed by atoms with Crippen molar-refractivity contribution in [3.05, 3.63) is 52.8 Å². The van der Waals surface area contributed by atoms with E-state index < -0.39 is 88.8 Å². The van der Waals surface area contributed by atoms with Crippen LogP contribution in [0.5, 0.6) is 23.0 Å². The van der Waals surface area contributed by atoms with Crippen molar-refractivity contribution >= 4 is 40.3 Å². The fourth-order valence-corrected chi connectivity index (χ4v) is 9.63. The lowest BCUT2D eigenvalue weighted by molar-refractivity contribution is -0.160. The highest BCUT2D eigenvalue weighted by Gasteiger charge is 2.50. The van der Waals surface area contributed by atoms with Gasteiger partial charge in [-0.2, -0.15) is 5.10 Å². The molecule has 1 amide bonds. The van der Waals surface area contributed by atoms with Gasteiger partial charge in [0.25, 0.3) is 11.7 Å². The molecule has 2 saturated heterocycles. The Morgan fingerprint density at radius 1 is 0.906 bits per heavy atom. The van der Waals surface area contributed by atoms with E-state index in [1.807, 2.05) is 5.01 Å². The Morgan fingerprint density at radius 3 is 2.22 bits per heavy atom. The second-order valence-corrected chi connectivity index (χ2v) is 18.1. The Morgan fingerprint density at radius 2 is 1.58 bits per heavy atom. The molecule has 16 heteroatoms. The van der Waals surface area contributed by atoms with Gasteiger partial charge in [0.2, 0.25) is 0 Å². The van der Waals surface area contributed by atoms with Gasteiger partial charge in [0.1, 0.15) is 23.4 Å². The van der Waals surface area contributed by atoms with E-state index in [0.29, 0.717) is 19.1 Å². The molecule has 5 aliphatic heterocycles. The second kappa shape index (κ2) is 19.9. The zero-order chi connectivity index (χ0) is 46.8. The molecule has 5 bridgehead atoms. The van der Waals surface area contributed by atoms with Gasteiger partial charge in [0, 0.05) is 80.3 Å². The number of fused-ring (bicyclic) bond motifs is 14. The van der Waals surface area contributed by atoms with Gasteiger partial charge in [-0.1, -0.05) is 52.3 Å². The van der Waals surface area contributed by atoms with Crippen LogP contribution in [0.3, 0.4) is 0 Å². The van der Waals surface area contributed by atoms with Crippen LogP contribution >= 0.6 is 0 Å². The van der Waals surface area contributed by atoms with Gasteiger partial charge in [0.15, 0.2) is 5.75 Å². The molecule has 5 aliphatic rings. The van der Waals surface area contributed by atoms with Crippen molar-refractivity contribution in [1.82, 2.24) is 9.91 Å². The largest absolute Gasteiger partial charge is 0.507 e. The molecule has 6 N–H and O–H groups in total. The number of ether oxygens (including phenoxy) is 4. The standard InChI is InChI=1S/C48H66N4O12/c1-25-14-13-15-26(2)47(60)50-38-33(24-49-52-21-16-32(17-22-52)51-19-11-10-12-20-51)42(57)35-36(43(38)58)41(56)30(6)45-37(35)46(59)48(8,64-45)62-23-18-34(61-9)27(3)44(63-31(7)53)29(5)40(55)28(4)39(25)54/h13-15,18,23-25,27-29,32,34,39-40,44,54-58H,10-12,16-17,19-22H2,1-9H3,(H,50,60)/b14-13?,23-18?,26-15?,49-24+. The number of esters is 1. The zero-order valence-corrected chi connectivity index (χ0v) is 38.5. The van der Waals surface area contributed by atoms with Crippen LogP contribution in [0, 0.1) is 30.6 Å². The van der Waals surface area contributed by atoms with E-state index in [4.69, 9.17) is 24.0 Å². The summed E-state index contributed by atoms with van der Waals surface area (Å²) in [5.74, 6) is -8.27. The molecule has 16 nitrogen and oxygen atoms in total. The first kappa shape index (κ1) is 48.3. The fraction of sp³-hybridized carbons (Fsp3) is 0.583. The molecule has 7 rings (SSSR count). The number of anilines is 1. The van der Waals surface area contributed by atoms with E-state index in [-0.39, 0.29) is 44.5 Å². The lowest BCUT2D eigenvalue weighted by Gasteiger charge is -2.39. The summed E-state index contributed by atoms with van der Waals surface area (Å²) in [5, 5.41) is 67.7. The van der Waals surface area contributed by atoms with Crippen molar-refractivity contribution in [2.24, 2.45) is 28.8 Å². The van der Waals surface area contributed by atoms with Crippen molar-refractivity contribution in [1.29, 1.82) is 0 Å². The monoisotopic (exact) mass is 890 g/mol. The number of phenols is 3. The Bertz CT molecular complexity index is 2210. The van der Waals surface area contributed by atoms with E-state index in [1.54, 1.807) is 46.8 Å². The predicted octanol–water partition coefficient (Wildman–Crippen LogP) is 6.04. The quantitative estimate of drug-likeness (QED) is 0.0873. The third-order valence-corrected chi connectivity index (χ3v) is 13.7. The number of piperidine rings is 2. The van der Waals surface area contributed by atoms with Gasteiger partial charge < -0.3 is 54.7 Å². The van der Waals surface area contributed by atoms with E-state index in [1.165, 1.54) is 71.8 Å². The summed E-state index contributed by atoms with van der Waals surface area (Å²) >= 11 is 0. The maximum Gasteiger partial charge on any atom is 0.312 e. The van der Waals surface area contributed by atoms with Crippen LogP contribution in [-0.4, -0.2) is 129 Å². The number of hydrogen-bond acceptors (Lipinski definition) is 15. The molecule has 350 valence electrons. The Kier molecular flexibility index (Phi) is 15.0. The average Bonchev–Trinajstić information content (AvgIpc) is 3.54. The number of hydrogen-bond donors (Lipinski definition) is 6. The van der Waals surface area contributed by atoms with Gasteiger partial charge in [0.05, 0.1) is 53.0 Å². The molecule has 2 aromatic rings. The summed E-state index contributed by atoms with van der Waals surface area (Å²) in [6.45, 7) is 16.0. The number of amides is 1. The normalized spacial score (nSPS) is 30.4. The number of likely N-dealkylation sites (tertiary alicyclic amines) is 1. The lowest BCUT2D eigenvalue weighted by atomic mass is 9.78. The van der Waals surface area contributed by atoms with Crippen LogP contribution in [0.25, 0.3) is 10.8 Å². The number of ketones is 1. The number of Topliss-reactive ketones (excluding diaryl/α,β-unsaturated/α-hetero) is 1. The molecule has 2 aromatic carbocycles. The molecule has 9 unspecified atom stereocenters. The number of nitrogens with one attached hydrogen (secondary N) is 1. The molecule has 2 fully saturated rings. The van der Waals surface area contributed by atoms with Crippen LogP contribution in [0.2, 0.25) is 0 Å². The van der Waals surface area contributed by atoms with Crippen LogP contribution in [0.1, 0.15) is 102 Å². The molecule has 0 spiro atoms. The number of hydrazone groups is 1. The van der Waals surface area contributed by atoms with Crippen molar-refractivity contribution in [2.45, 2.75) is 124 Å². The first-order valence-electron chi connectivity index (χ1n) is 22.4. The zero-order valence-electron chi connectivity index (χ0n) is 38.5. The Hall–Kier alpha value is -5.16. The molecule has 0 aliphatic carbocycles. The summed E-state index contributed by atoms with van der Waals surface area (Å²) in [6, 6.07) is 0.442. The average molecular weight is 891 g/mol. The van der Waals surface area contributed by atoms with Crippen molar-refractivity contribution in [2.75, 3.05) is 38.6 Å². The molecule has 5 heterocycles. The summed E-state index contributed by atoms with van der Waals surface area (Å²) in [6.07, 6.45) is 10.4. The lowest BCUT2D eigenvalue weighted by Crippen LogP contribution is -2.46. The minimum Gasteiger partial charge on any atom is -0.507 e. The minimum absolute atomic E-state index is 0.0644. The number of aliphatic hydroxyl groups excluding tert-OH is 2. The molecular formula is C48H66N4O12. The van der Waals surface area contributed by atoms with Gasteiger partial charge >= 0.3 is 11.8 Å². The molecular weight excluding hydrogens is 825 g/mol. The summed E-state index contributed by atoms with van der Waals surface area (Å²) in [4.78, 5) is 43.4. The van der Waals surface area contributed by atoms with Gasteiger partial charge in [-0.05, 0) is 58.7 Å². The highest BCUT2D eigenvalue weighted by atomic mass is 16.7. The maximum atomic E-state index is 14.6. The first-order valence-corrected chi connectivity index (χ1v) is 22.4. The number of phenolic OH excluding ortho intramolecular Hbond substituents is 3. The number of allylic oxidation sites excluding steroid dienone is 2. The number of methoxy groups -OCH3 is 1. The van der Waals surface area contributed by atoms with Crippen molar-refractivity contribution in [3.63, 3.8) is 0 Å². The minimum atomic E-state index is -2.04. The summed E-state index contributed by atoms with van der Waals surface area (Å²) in [7, 11) is 1.44. The van der Waals surface area contributed by atoms with Crippen LogP contribution in [-0.2, 0) is 23.8 Å². The number of carbonyl (C=O) groups excluding carboxylic acids is 3. The van der Waals surface area contributed by atoms with Crippen molar-refractivity contribution in [3.8, 4) is 23.0 Å². The second-order valence-electron chi connectivity index (χ2n) is 18.1. The number of benzene rings is 2. The smallest absolute Gasteiger partial charge is 0.312 e. The number of nitrogens with zero attached hydrogens (tertiary/aromatic N) is 3. The van der Waals surface area contributed by atoms with Gasteiger partial charge in [-0.25, -0.2) is 0 Å². The topological polar surface area (TPSA) is 220 Å². The highest BCUT2D eigenvalue weighted by molar-refractivity contribution is 6.23. The highest BCUT2D eigenvalue weighted by Crippen LogP contribution is 2.55. The van der Waals surface area contributed by atoms with Crippen LogP contribution in [0.15, 0.2) is 41.2 Å². The van der Waals surface area contributed by atoms with Crippen LogP contribution < -0.4 is 10.1 Å². The molecule has 9 atom stereocenters. The molecule has 0 saturated carbocycles. The van der Waals surface area contributed by atoms with Gasteiger partial charge in [-0.15, -0.1) is 0 Å². The number of aromatic hydroxyl groups is 3. The van der Waals surface area contributed by atoms with E-state index in [2.05, 4.69) is 10.2 Å². The maximum absolute atomic E-state index is 14.6. The summed E-state index contributed by atoms with van der Waals surface area (Å²) in [5.41, 5.74) is -0.280. The van der Waals surface area contributed by atoms with Crippen molar-refractivity contribution < 1.29 is 58.9 Å². The van der Waals surface area contributed by atoms with E-state index in [0.717, 1.165) is 25.9 Å². The van der Waals surface area contributed by atoms with E-state index in [9.17, 15) is 39.9 Å².